The van der Waals surface area contributed by atoms with Crippen molar-refractivity contribution in [1.29, 1.82) is 0 Å². The van der Waals surface area contributed by atoms with Gasteiger partial charge in [-0.3, -0.25) is 4.79 Å². The zero-order valence-electron chi connectivity index (χ0n) is 9.00. The molecule has 1 aliphatic carbocycles. The minimum absolute atomic E-state index is 0.132. The molecular formula is C11H18ClNO2. The molecule has 0 aromatic rings. The fourth-order valence-corrected chi connectivity index (χ4v) is 1.97. The summed E-state index contributed by atoms with van der Waals surface area (Å²) < 4.78 is 0. The first-order valence-electron chi connectivity index (χ1n) is 5.35. The van der Waals surface area contributed by atoms with Crippen molar-refractivity contribution in [2.45, 2.75) is 38.6 Å². The minimum Gasteiger partial charge on any atom is -0.481 e. The Hall–Kier alpha value is -0.540. The molecule has 0 aromatic heterocycles. The quantitative estimate of drug-likeness (QED) is 0.781. The van der Waals surface area contributed by atoms with E-state index >= 15 is 0 Å². The van der Waals surface area contributed by atoms with Crippen molar-refractivity contribution in [3.8, 4) is 0 Å². The molecule has 0 bridgehead atoms. The number of carboxylic acids is 1. The van der Waals surface area contributed by atoms with E-state index in [1.54, 1.807) is 5.54 Å². The van der Waals surface area contributed by atoms with E-state index in [0.717, 1.165) is 37.8 Å². The van der Waals surface area contributed by atoms with E-state index in [-0.39, 0.29) is 5.92 Å². The van der Waals surface area contributed by atoms with E-state index in [9.17, 15) is 4.79 Å². The van der Waals surface area contributed by atoms with Crippen LogP contribution in [0, 0.1) is 5.92 Å². The first-order chi connectivity index (χ1) is 7.13. The molecule has 0 amide bonds. The minimum atomic E-state index is -0.648. The Morgan fingerprint density at radius 3 is 2.53 bits per heavy atom. The van der Waals surface area contributed by atoms with Gasteiger partial charge >= 0.3 is 5.97 Å². The number of carbonyl (C=O) groups is 1. The maximum absolute atomic E-state index is 10.7. The second-order valence-electron chi connectivity index (χ2n) is 4.22. The summed E-state index contributed by atoms with van der Waals surface area (Å²) in [6.07, 6.45) is 3.48. The summed E-state index contributed by atoms with van der Waals surface area (Å²) in [6.45, 7) is 2.77. The summed E-state index contributed by atoms with van der Waals surface area (Å²) in [5.41, 5.74) is 2.69. The molecular weight excluding hydrogens is 214 g/mol. The van der Waals surface area contributed by atoms with Gasteiger partial charge in [0.1, 0.15) is 0 Å². The van der Waals surface area contributed by atoms with Gasteiger partial charge in [0, 0.05) is 18.1 Å². The van der Waals surface area contributed by atoms with Crippen molar-refractivity contribution < 1.29 is 9.90 Å². The van der Waals surface area contributed by atoms with Crippen molar-refractivity contribution in [3.05, 3.63) is 11.1 Å². The van der Waals surface area contributed by atoms with Gasteiger partial charge in [0.15, 0.2) is 0 Å². The highest BCUT2D eigenvalue weighted by Gasteiger charge is 2.25. The number of aliphatic carboxylic acids is 1. The molecule has 0 radical (unpaired) electrons. The van der Waals surface area contributed by atoms with Crippen LogP contribution in [0.2, 0.25) is 0 Å². The van der Waals surface area contributed by atoms with E-state index in [1.165, 1.54) is 0 Å². The third-order valence-electron chi connectivity index (χ3n) is 2.93. The van der Waals surface area contributed by atoms with Crippen LogP contribution in [-0.4, -0.2) is 23.7 Å². The van der Waals surface area contributed by atoms with Crippen LogP contribution in [0.25, 0.3) is 0 Å². The van der Waals surface area contributed by atoms with Crippen LogP contribution in [0.4, 0.5) is 0 Å². The fraction of sp³-hybridized carbons (Fsp3) is 0.727. The molecule has 0 aromatic carbocycles. The Morgan fingerprint density at radius 2 is 2.07 bits per heavy atom. The van der Waals surface area contributed by atoms with Crippen molar-refractivity contribution >= 4 is 17.6 Å². The van der Waals surface area contributed by atoms with Gasteiger partial charge in [-0.05, 0) is 38.2 Å². The maximum Gasteiger partial charge on any atom is 0.306 e. The zero-order valence-corrected chi connectivity index (χ0v) is 9.76. The maximum atomic E-state index is 10.7. The lowest BCUT2D eigenvalue weighted by Crippen LogP contribution is -2.35. The molecule has 2 N–H and O–H groups in total. The molecule has 1 aliphatic rings. The van der Waals surface area contributed by atoms with Crippen LogP contribution < -0.4 is 5.32 Å². The van der Waals surface area contributed by atoms with Crippen molar-refractivity contribution in [2.24, 2.45) is 5.92 Å². The first-order valence-corrected chi connectivity index (χ1v) is 5.79. The average molecular weight is 232 g/mol. The van der Waals surface area contributed by atoms with E-state index in [4.69, 9.17) is 16.7 Å². The van der Waals surface area contributed by atoms with Crippen LogP contribution in [0.1, 0.15) is 32.6 Å². The lowest BCUT2D eigenvalue weighted by molar-refractivity contribution is -0.142. The Bertz CT molecular complexity index is 245. The molecule has 0 heterocycles. The van der Waals surface area contributed by atoms with E-state index in [0.29, 0.717) is 6.04 Å². The third kappa shape index (κ3) is 4.22. The predicted octanol–water partition coefficient (Wildman–Crippen LogP) is 2.36. The summed E-state index contributed by atoms with van der Waals surface area (Å²) in [4.78, 5) is 10.7. The van der Waals surface area contributed by atoms with Crippen LogP contribution >= 0.6 is 11.6 Å². The number of hydrogen-bond acceptors (Lipinski definition) is 2. The molecule has 0 saturated heterocycles. The molecule has 3 nitrogen and oxygen atoms in total. The molecule has 1 rings (SSSR count). The number of hydrogen-bond donors (Lipinski definition) is 2. The second-order valence-corrected chi connectivity index (χ2v) is 4.44. The molecule has 0 atom stereocenters. The number of halogens is 1. The van der Waals surface area contributed by atoms with Gasteiger partial charge in [0.25, 0.3) is 0 Å². The Balaban J connectivity index is 2.23. The SMILES string of the molecule is CC(=CCl)CNC1CCC(C(=O)O)CC1. The molecule has 86 valence electrons. The van der Waals surface area contributed by atoms with Gasteiger partial charge in [-0.1, -0.05) is 11.6 Å². The van der Waals surface area contributed by atoms with E-state index < -0.39 is 5.97 Å². The van der Waals surface area contributed by atoms with Crippen molar-refractivity contribution in [2.75, 3.05) is 6.54 Å². The zero-order chi connectivity index (χ0) is 11.3. The molecule has 4 heteroatoms. The van der Waals surface area contributed by atoms with Crippen LogP contribution in [0.3, 0.4) is 0 Å². The van der Waals surface area contributed by atoms with Gasteiger partial charge in [-0.15, -0.1) is 0 Å². The van der Waals surface area contributed by atoms with Crippen LogP contribution in [0.5, 0.6) is 0 Å². The van der Waals surface area contributed by atoms with E-state index in [2.05, 4.69) is 5.32 Å². The third-order valence-corrected chi connectivity index (χ3v) is 3.30. The second kappa shape index (κ2) is 6.13. The largest absolute Gasteiger partial charge is 0.481 e. The molecule has 1 saturated carbocycles. The highest BCUT2D eigenvalue weighted by atomic mass is 35.5. The van der Waals surface area contributed by atoms with Gasteiger partial charge in [-0.25, -0.2) is 0 Å². The van der Waals surface area contributed by atoms with Gasteiger partial charge in [0.2, 0.25) is 0 Å². The van der Waals surface area contributed by atoms with Crippen LogP contribution in [-0.2, 0) is 4.79 Å². The first kappa shape index (κ1) is 12.5. The highest BCUT2D eigenvalue weighted by molar-refractivity contribution is 6.25. The summed E-state index contributed by atoms with van der Waals surface area (Å²) in [5, 5.41) is 12.2. The highest BCUT2D eigenvalue weighted by Crippen LogP contribution is 2.24. The van der Waals surface area contributed by atoms with Gasteiger partial charge < -0.3 is 10.4 Å². The molecule has 15 heavy (non-hydrogen) atoms. The fourth-order valence-electron chi connectivity index (χ4n) is 1.89. The molecule has 0 spiro atoms. The monoisotopic (exact) mass is 231 g/mol. The Labute approximate surface area is 95.5 Å². The topological polar surface area (TPSA) is 49.3 Å². The normalized spacial score (nSPS) is 27.7. The molecule has 0 unspecified atom stereocenters. The molecule has 1 fully saturated rings. The predicted molar refractivity (Wildman–Crippen MR) is 61.0 cm³/mol. The van der Waals surface area contributed by atoms with Crippen molar-refractivity contribution in [1.82, 2.24) is 5.32 Å². The van der Waals surface area contributed by atoms with Crippen LogP contribution in [0.15, 0.2) is 11.1 Å². The standard InChI is InChI=1S/C11H18ClNO2/c1-8(6-12)7-13-10-4-2-9(3-5-10)11(14)15/h6,9-10,13H,2-5,7H2,1H3,(H,14,15). The number of nitrogens with one attached hydrogen (secondary N) is 1. The Morgan fingerprint density at radius 1 is 1.47 bits per heavy atom. The van der Waals surface area contributed by atoms with Crippen molar-refractivity contribution in [3.63, 3.8) is 0 Å². The summed E-state index contributed by atoms with van der Waals surface area (Å²) in [6, 6.07) is 0.451. The lowest BCUT2D eigenvalue weighted by atomic mass is 9.86. The summed E-state index contributed by atoms with van der Waals surface area (Å²) in [5.74, 6) is -0.780. The average Bonchev–Trinajstić information content (AvgIpc) is 2.26. The number of rotatable bonds is 4. The van der Waals surface area contributed by atoms with Gasteiger partial charge in [-0.2, -0.15) is 0 Å². The van der Waals surface area contributed by atoms with Gasteiger partial charge in [0.05, 0.1) is 5.92 Å². The summed E-state index contributed by atoms with van der Waals surface area (Å²) >= 11 is 5.55. The smallest absolute Gasteiger partial charge is 0.306 e. The molecule has 0 aliphatic heterocycles. The Kier molecular flexibility index (Phi) is 5.12. The summed E-state index contributed by atoms with van der Waals surface area (Å²) in [7, 11) is 0. The van der Waals surface area contributed by atoms with E-state index in [1.807, 2.05) is 6.92 Å². The lowest BCUT2D eigenvalue weighted by Gasteiger charge is -2.27. The number of carboxylic acid groups (broad SMARTS) is 1.